The SMILES string of the molecule is COc1cc(NC(=O)C(C)OC)c(Br)cc1Br. The van der Waals surface area contributed by atoms with Gasteiger partial charge in [0.25, 0.3) is 5.91 Å². The molecule has 4 nitrogen and oxygen atoms in total. The lowest BCUT2D eigenvalue weighted by Gasteiger charge is -2.13. The summed E-state index contributed by atoms with van der Waals surface area (Å²) in [6.07, 6.45) is -0.503. The molecule has 1 amide bonds. The van der Waals surface area contributed by atoms with Gasteiger partial charge in [0.05, 0.1) is 17.3 Å². The van der Waals surface area contributed by atoms with Crippen molar-refractivity contribution in [2.45, 2.75) is 13.0 Å². The Labute approximate surface area is 117 Å². The molecule has 0 aliphatic carbocycles. The highest BCUT2D eigenvalue weighted by atomic mass is 79.9. The molecule has 1 atom stereocenters. The lowest BCUT2D eigenvalue weighted by Crippen LogP contribution is -2.26. The van der Waals surface area contributed by atoms with Crippen molar-refractivity contribution in [3.8, 4) is 5.75 Å². The number of anilines is 1. The topological polar surface area (TPSA) is 47.6 Å². The van der Waals surface area contributed by atoms with Crippen LogP contribution < -0.4 is 10.1 Å². The predicted octanol–water partition coefficient (Wildman–Crippen LogP) is 3.19. The van der Waals surface area contributed by atoms with E-state index in [0.29, 0.717) is 11.4 Å². The number of amides is 1. The third kappa shape index (κ3) is 3.69. The van der Waals surface area contributed by atoms with Gasteiger partial charge in [-0.2, -0.15) is 0 Å². The van der Waals surface area contributed by atoms with Gasteiger partial charge in [-0.3, -0.25) is 4.79 Å². The van der Waals surface area contributed by atoms with Crippen LogP contribution in [0.1, 0.15) is 6.92 Å². The van der Waals surface area contributed by atoms with Gasteiger partial charge < -0.3 is 14.8 Å². The van der Waals surface area contributed by atoms with Crippen LogP contribution in [0.5, 0.6) is 5.75 Å². The Morgan fingerprint density at radius 1 is 1.29 bits per heavy atom. The lowest BCUT2D eigenvalue weighted by atomic mass is 10.3. The Balaban J connectivity index is 2.95. The average Bonchev–Trinajstić information content (AvgIpc) is 2.31. The minimum atomic E-state index is -0.503. The van der Waals surface area contributed by atoms with E-state index in [1.165, 1.54) is 7.11 Å². The fraction of sp³-hybridized carbons (Fsp3) is 0.364. The van der Waals surface area contributed by atoms with Crippen LogP contribution >= 0.6 is 31.9 Å². The Hall–Kier alpha value is -0.590. The highest BCUT2D eigenvalue weighted by molar-refractivity contribution is 9.11. The van der Waals surface area contributed by atoms with Crippen molar-refractivity contribution in [1.82, 2.24) is 0 Å². The van der Waals surface area contributed by atoms with Crippen LogP contribution in [0.4, 0.5) is 5.69 Å². The van der Waals surface area contributed by atoms with Crippen LogP contribution in [0.2, 0.25) is 0 Å². The van der Waals surface area contributed by atoms with Crippen molar-refractivity contribution in [3.05, 3.63) is 21.1 Å². The number of hydrogen-bond donors (Lipinski definition) is 1. The zero-order valence-electron chi connectivity index (χ0n) is 9.71. The predicted molar refractivity (Wildman–Crippen MR) is 73.5 cm³/mol. The normalized spacial score (nSPS) is 12.1. The minimum absolute atomic E-state index is 0.211. The average molecular weight is 367 g/mol. The zero-order valence-corrected chi connectivity index (χ0v) is 12.9. The molecular weight excluding hydrogens is 354 g/mol. The van der Waals surface area contributed by atoms with Gasteiger partial charge in [0.1, 0.15) is 11.9 Å². The molecule has 0 saturated heterocycles. The van der Waals surface area contributed by atoms with Crippen LogP contribution in [0.3, 0.4) is 0 Å². The first-order valence-corrected chi connectivity index (χ1v) is 6.45. The van der Waals surface area contributed by atoms with E-state index in [2.05, 4.69) is 37.2 Å². The maximum atomic E-state index is 11.7. The Kier molecular flexibility index (Phi) is 5.42. The molecular formula is C11H13Br2NO3. The van der Waals surface area contributed by atoms with Crippen molar-refractivity contribution in [2.24, 2.45) is 0 Å². The monoisotopic (exact) mass is 365 g/mol. The van der Waals surface area contributed by atoms with E-state index in [-0.39, 0.29) is 5.91 Å². The lowest BCUT2D eigenvalue weighted by molar-refractivity contribution is -0.124. The van der Waals surface area contributed by atoms with Gasteiger partial charge in [-0.25, -0.2) is 0 Å². The molecule has 0 bridgehead atoms. The maximum absolute atomic E-state index is 11.7. The molecule has 0 aliphatic rings. The van der Waals surface area contributed by atoms with Gasteiger partial charge >= 0.3 is 0 Å². The van der Waals surface area contributed by atoms with Crippen molar-refractivity contribution < 1.29 is 14.3 Å². The van der Waals surface area contributed by atoms with E-state index in [1.54, 1.807) is 20.1 Å². The summed E-state index contributed by atoms with van der Waals surface area (Å²) < 4.78 is 11.7. The molecule has 0 heterocycles. The van der Waals surface area contributed by atoms with Gasteiger partial charge in [0.2, 0.25) is 0 Å². The number of carbonyl (C=O) groups is 1. The second kappa shape index (κ2) is 6.37. The molecule has 17 heavy (non-hydrogen) atoms. The minimum Gasteiger partial charge on any atom is -0.495 e. The summed E-state index contributed by atoms with van der Waals surface area (Å²) in [5.74, 6) is 0.436. The molecule has 1 rings (SSSR count). The van der Waals surface area contributed by atoms with Crippen LogP contribution in [-0.4, -0.2) is 26.2 Å². The van der Waals surface area contributed by atoms with Gasteiger partial charge in [0, 0.05) is 17.6 Å². The molecule has 0 aromatic heterocycles. The molecule has 0 spiro atoms. The first-order valence-electron chi connectivity index (χ1n) is 4.86. The van der Waals surface area contributed by atoms with Crippen LogP contribution in [0.25, 0.3) is 0 Å². The van der Waals surface area contributed by atoms with Crippen LogP contribution in [0.15, 0.2) is 21.1 Å². The van der Waals surface area contributed by atoms with Crippen molar-refractivity contribution in [1.29, 1.82) is 0 Å². The number of ether oxygens (including phenoxy) is 2. The number of hydrogen-bond acceptors (Lipinski definition) is 3. The van der Waals surface area contributed by atoms with E-state index in [1.807, 2.05) is 6.07 Å². The highest BCUT2D eigenvalue weighted by Crippen LogP contribution is 2.34. The molecule has 0 saturated carbocycles. The molecule has 0 fully saturated rings. The molecule has 0 radical (unpaired) electrons. The maximum Gasteiger partial charge on any atom is 0.253 e. The molecule has 1 N–H and O–H groups in total. The molecule has 1 aromatic rings. The summed E-state index contributed by atoms with van der Waals surface area (Å²) in [5, 5.41) is 2.75. The second-order valence-corrected chi connectivity index (χ2v) is 5.04. The molecule has 1 aromatic carbocycles. The fourth-order valence-electron chi connectivity index (χ4n) is 1.12. The Morgan fingerprint density at radius 2 is 1.94 bits per heavy atom. The van der Waals surface area contributed by atoms with E-state index >= 15 is 0 Å². The molecule has 94 valence electrons. The third-order valence-electron chi connectivity index (χ3n) is 2.22. The van der Waals surface area contributed by atoms with Gasteiger partial charge in [0.15, 0.2) is 0 Å². The number of carbonyl (C=O) groups excluding carboxylic acids is 1. The first-order chi connectivity index (χ1) is 7.99. The number of rotatable bonds is 4. The summed E-state index contributed by atoms with van der Waals surface area (Å²) in [6, 6.07) is 3.54. The third-order valence-corrected chi connectivity index (χ3v) is 3.50. The van der Waals surface area contributed by atoms with E-state index in [0.717, 1.165) is 8.95 Å². The van der Waals surface area contributed by atoms with Crippen LogP contribution in [0, 0.1) is 0 Å². The summed E-state index contributed by atoms with van der Waals surface area (Å²) in [6.45, 7) is 1.68. The molecule has 6 heteroatoms. The van der Waals surface area contributed by atoms with Crippen molar-refractivity contribution in [2.75, 3.05) is 19.5 Å². The largest absolute Gasteiger partial charge is 0.495 e. The standard InChI is InChI=1S/C11H13Br2NO3/c1-6(16-2)11(15)14-9-5-10(17-3)8(13)4-7(9)12/h4-6H,1-3H3,(H,14,15). The smallest absolute Gasteiger partial charge is 0.253 e. The van der Waals surface area contributed by atoms with Gasteiger partial charge in [-0.15, -0.1) is 0 Å². The number of benzene rings is 1. The first kappa shape index (κ1) is 14.5. The summed E-state index contributed by atoms with van der Waals surface area (Å²) in [7, 11) is 3.05. The Morgan fingerprint density at radius 3 is 2.47 bits per heavy atom. The summed E-state index contributed by atoms with van der Waals surface area (Å²) in [5.41, 5.74) is 0.638. The summed E-state index contributed by atoms with van der Waals surface area (Å²) >= 11 is 6.73. The Bertz CT molecular complexity index is 423. The fourth-order valence-corrected chi connectivity index (χ4v) is 2.38. The van der Waals surface area contributed by atoms with E-state index < -0.39 is 6.10 Å². The molecule has 1 unspecified atom stereocenters. The second-order valence-electron chi connectivity index (χ2n) is 3.33. The number of methoxy groups -OCH3 is 2. The quantitative estimate of drug-likeness (QED) is 0.890. The zero-order chi connectivity index (χ0) is 13.0. The van der Waals surface area contributed by atoms with Gasteiger partial charge in [-0.05, 0) is 44.8 Å². The number of halogens is 2. The summed E-state index contributed by atoms with van der Waals surface area (Å²) in [4.78, 5) is 11.7. The van der Waals surface area contributed by atoms with E-state index in [4.69, 9.17) is 9.47 Å². The van der Waals surface area contributed by atoms with E-state index in [9.17, 15) is 4.79 Å². The van der Waals surface area contributed by atoms with Crippen LogP contribution in [-0.2, 0) is 9.53 Å². The van der Waals surface area contributed by atoms with Gasteiger partial charge in [-0.1, -0.05) is 0 Å². The number of nitrogens with one attached hydrogen (secondary N) is 1. The van der Waals surface area contributed by atoms with Crippen molar-refractivity contribution in [3.63, 3.8) is 0 Å². The highest BCUT2D eigenvalue weighted by Gasteiger charge is 2.14. The molecule has 0 aliphatic heterocycles. The van der Waals surface area contributed by atoms with Crippen molar-refractivity contribution >= 4 is 43.5 Å².